The summed E-state index contributed by atoms with van der Waals surface area (Å²) in [5.74, 6) is 0.718. The lowest BCUT2D eigenvalue weighted by Crippen LogP contribution is -2.43. The highest BCUT2D eigenvalue weighted by Gasteiger charge is 2.36. The van der Waals surface area contributed by atoms with Crippen molar-refractivity contribution in [3.05, 3.63) is 54.7 Å². The number of aromatic nitrogens is 4. The van der Waals surface area contributed by atoms with E-state index in [9.17, 15) is 23.1 Å². The average molecular weight is 568 g/mol. The van der Waals surface area contributed by atoms with Crippen molar-refractivity contribution in [2.75, 3.05) is 41.9 Å². The van der Waals surface area contributed by atoms with Gasteiger partial charge in [-0.2, -0.15) is 18.3 Å². The van der Waals surface area contributed by atoms with Gasteiger partial charge >= 0.3 is 12.3 Å². The number of carboxylic acid groups (broad SMARTS) is 1. The van der Waals surface area contributed by atoms with Crippen LogP contribution in [-0.4, -0.2) is 76.5 Å². The standard InChI is InChI=1S/C28H28F3N7O3/c1-35(2)23-12-18(38(27(39)40)17-6-4-3-5-7-17)8-11-21(23)24-33-25(36-14-19-9-10-20(15-36)41-19)22-13-32-37(26(22)34-24)16-28(29,30)31/h3-8,11-13,19-20H,9-10,14-16H2,1-2H3,(H,39,40). The first-order valence-corrected chi connectivity index (χ1v) is 13.2. The smallest absolute Gasteiger partial charge is 0.416 e. The highest BCUT2D eigenvalue weighted by molar-refractivity contribution is 5.97. The van der Waals surface area contributed by atoms with E-state index >= 15 is 0 Å². The molecule has 2 aliphatic heterocycles. The molecular formula is C28H28F3N7O3. The van der Waals surface area contributed by atoms with Crippen LogP contribution in [0.2, 0.25) is 0 Å². The lowest BCUT2D eigenvalue weighted by Gasteiger charge is -2.33. The third-order valence-corrected chi connectivity index (χ3v) is 7.32. The van der Waals surface area contributed by atoms with Crippen LogP contribution < -0.4 is 14.7 Å². The SMILES string of the molecule is CN(C)c1cc(N(C(=O)O)c2ccccc2)ccc1-c1nc(N2CC3CCC(C2)O3)c2cnn(CC(F)(F)F)c2n1. The van der Waals surface area contributed by atoms with Gasteiger partial charge in [-0.25, -0.2) is 24.3 Å². The lowest BCUT2D eigenvalue weighted by atomic mass is 10.1. The number of anilines is 4. The zero-order valence-corrected chi connectivity index (χ0v) is 22.4. The van der Waals surface area contributed by atoms with Crippen LogP contribution in [0, 0.1) is 0 Å². The molecule has 4 aromatic rings. The normalized spacial score (nSPS) is 18.6. The Balaban J connectivity index is 1.50. The second kappa shape index (κ2) is 10.2. The molecule has 0 saturated carbocycles. The molecule has 2 bridgehead atoms. The van der Waals surface area contributed by atoms with E-state index < -0.39 is 18.8 Å². The molecule has 41 heavy (non-hydrogen) atoms. The molecule has 4 heterocycles. The molecule has 2 aromatic heterocycles. The van der Waals surface area contributed by atoms with E-state index in [1.54, 1.807) is 67.5 Å². The van der Waals surface area contributed by atoms with Gasteiger partial charge in [0.1, 0.15) is 12.4 Å². The monoisotopic (exact) mass is 567 g/mol. The molecule has 214 valence electrons. The summed E-state index contributed by atoms with van der Waals surface area (Å²) in [7, 11) is 3.59. The molecule has 13 heteroatoms. The number of rotatable bonds is 6. The van der Waals surface area contributed by atoms with Crippen molar-refractivity contribution in [3.8, 4) is 11.4 Å². The first kappa shape index (κ1) is 26.8. The number of ether oxygens (including phenoxy) is 1. The van der Waals surface area contributed by atoms with Gasteiger partial charge < -0.3 is 19.6 Å². The highest BCUT2D eigenvalue weighted by Crippen LogP contribution is 2.38. The van der Waals surface area contributed by atoms with Crippen molar-refractivity contribution >= 4 is 40.0 Å². The molecule has 2 atom stereocenters. The molecule has 2 unspecified atom stereocenters. The van der Waals surface area contributed by atoms with E-state index in [0.717, 1.165) is 22.4 Å². The number of nitrogens with zero attached hydrogens (tertiary/aromatic N) is 7. The summed E-state index contributed by atoms with van der Waals surface area (Å²) in [6.45, 7) is -0.155. The number of carbonyl (C=O) groups is 1. The Morgan fingerprint density at radius 2 is 1.76 bits per heavy atom. The predicted octanol–water partition coefficient (Wildman–Crippen LogP) is 5.31. The number of hydrogen-bond donors (Lipinski definition) is 1. The maximum Gasteiger partial charge on any atom is 0.416 e. The third-order valence-electron chi connectivity index (χ3n) is 7.32. The molecule has 0 aliphatic carbocycles. The summed E-state index contributed by atoms with van der Waals surface area (Å²) < 4.78 is 47.1. The van der Waals surface area contributed by atoms with Crippen molar-refractivity contribution in [1.29, 1.82) is 0 Å². The molecule has 2 saturated heterocycles. The minimum atomic E-state index is -4.49. The number of amides is 1. The summed E-state index contributed by atoms with van der Waals surface area (Å²) in [6.07, 6.45) is -2.36. The van der Waals surface area contributed by atoms with Gasteiger partial charge in [-0.1, -0.05) is 18.2 Å². The van der Waals surface area contributed by atoms with Crippen LogP contribution in [0.5, 0.6) is 0 Å². The van der Waals surface area contributed by atoms with Gasteiger partial charge in [0.05, 0.1) is 35.2 Å². The molecule has 1 N–H and O–H groups in total. The second-order valence-corrected chi connectivity index (χ2v) is 10.4. The fraction of sp³-hybridized carbons (Fsp3) is 0.357. The van der Waals surface area contributed by atoms with E-state index in [0.29, 0.717) is 46.9 Å². The van der Waals surface area contributed by atoms with E-state index in [4.69, 9.17) is 9.72 Å². The fourth-order valence-corrected chi connectivity index (χ4v) is 5.54. The maximum atomic E-state index is 13.4. The Morgan fingerprint density at radius 1 is 1.05 bits per heavy atom. The molecule has 6 rings (SSSR count). The number of morpholine rings is 1. The first-order chi connectivity index (χ1) is 19.6. The minimum Gasteiger partial charge on any atom is -0.464 e. The third kappa shape index (κ3) is 5.24. The summed E-state index contributed by atoms with van der Waals surface area (Å²) in [6, 6.07) is 13.7. The minimum absolute atomic E-state index is 0.0315. The van der Waals surface area contributed by atoms with Crippen molar-refractivity contribution in [2.45, 2.75) is 37.8 Å². The fourth-order valence-electron chi connectivity index (χ4n) is 5.54. The number of hydrogen-bond acceptors (Lipinski definition) is 7. The van der Waals surface area contributed by atoms with Gasteiger partial charge in [0.2, 0.25) is 0 Å². The zero-order chi connectivity index (χ0) is 28.9. The summed E-state index contributed by atoms with van der Waals surface area (Å²) in [4.78, 5) is 26.7. The molecule has 2 fully saturated rings. The number of fused-ring (bicyclic) bond motifs is 3. The highest BCUT2D eigenvalue weighted by atomic mass is 19.4. The first-order valence-electron chi connectivity index (χ1n) is 13.2. The van der Waals surface area contributed by atoms with Gasteiger partial charge in [0.25, 0.3) is 0 Å². The van der Waals surface area contributed by atoms with Crippen LogP contribution in [0.25, 0.3) is 22.4 Å². The molecular weight excluding hydrogens is 539 g/mol. The van der Waals surface area contributed by atoms with Crippen LogP contribution in [0.3, 0.4) is 0 Å². The molecule has 0 radical (unpaired) electrons. The van der Waals surface area contributed by atoms with E-state index in [1.165, 1.54) is 6.20 Å². The quantitative estimate of drug-likeness (QED) is 0.335. The van der Waals surface area contributed by atoms with Crippen LogP contribution in [0.1, 0.15) is 12.8 Å². The molecule has 0 spiro atoms. The summed E-state index contributed by atoms with van der Waals surface area (Å²) >= 11 is 0. The summed E-state index contributed by atoms with van der Waals surface area (Å²) in [5, 5.41) is 14.5. The Morgan fingerprint density at radius 3 is 2.39 bits per heavy atom. The van der Waals surface area contributed by atoms with Gasteiger partial charge in [-0.15, -0.1) is 0 Å². The molecule has 2 aliphatic rings. The Labute approximate surface area is 233 Å². The van der Waals surface area contributed by atoms with Gasteiger partial charge in [0, 0.05) is 38.4 Å². The van der Waals surface area contributed by atoms with Crippen molar-refractivity contribution in [3.63, 3.8) is 0 Å². The number of halogens is 3. The van der Waals surface area contributed by atoms with Crippen molar-refractivity contribution in [2.24, 2.45) is 0 Å². The van der Waals surface area contributed by atoms with Crippen LogP contribution in [0.15, 0.2) is 54.7 Å². The number of para-hydroxylation sites is 1. The summed E-state index contributed by atoms with van der Waals surface area (Å²) in [5.41, 5.74) is 2.07. The number of benzene rings is 2. The largest absolute Gasteiger partial charge is 0.464 e. The second-order valence-electron chi connectivity index (χ2n) is 10.4. The van der Waals surface area contributed by atoms with E-state index in [1.807, 2.05) is 4.90 Å². The Kier molecular flexibility index (Phi) is 6.68. The molecule has 2 aromatic carbocycles. The number of alkyl halides is 3. The molecule has 10 nitrogen and oxygen atoms in total. The maximum absolute atomic E-state index is 13.4. The van der Waals surface area contributed by atoms with Crippen molar-refractivity contribution in [1.82, 2.24) is 19.7 Å². The van der Waals surface area contributed by atoms with Gasteiger partial charge in [0.15, 0.2) is 11.5 Å². The Bertz CT molecular complexity index is 1580. The Hall–Kier alpha value is -4.39. The topological polar surface area (TPSA) is 99.9 Å². The predicted molar refractivity (Wildman–Crippen MR) is 148 cm³/mol. The van der Waals surface area contributed by atoms with Crippen LogP contribution in [0.4, 0.5) is 40.8 Å². The van der Waals surface area contributed by atoms with E-state index in [2.05, 4.69) is 10.1 Å². The van der Waals surface area contributed by atoms with E-state index in [-0.39, 0.29) is 23.7 Å². The van der Waals surface area contributed by atoms with Crippen molar-refractivity contribution < 1.29 is 27.8 Å². The van der Waals surface area contributed by atoms with Gasteiger partial charge in [-0.3, -0.25) is 0 Å². The van der Waals surface area contributed by atoms with Gasteiger partial charge in [-0.05, 0) is 43.2 Å². The molecule has 1 amide bonds. The van der Waals surface area contributed by atoms with Crippen LogP contribution in [-0.2, 0) is 11.3 Å². The van der Waals surface area contributed by atoms with Crippen LogP contribution >= 0.6 is 0 Å². The zero-order valence-electron chi connectivity index (χ0n) is 22.4. The lowest BCUT2D eigenvalue weighted by molar-refractivity contribution is -0.141. The average Bonchev–Trinajstić information content (AvgIpc) is 3.48.